The molecule has 0 spiro atoms. The number of benzene rings is 2. The van der Waals surface area contributed by atoms with Crippen molar-refractivity contribution in [2.45, 2.75) is 18.9 Å². The van der Waals surface area contributed by atoms with Crippen LogP contribution in [0.1, 0.15) is 18.4 Å². The molecule has 2 amide bonds. The number of nitrogens with zero attached hydrogens (tertiary/aromatic N) is 1. The van der Waals surface area contributed by atoms with Crippen LogP contribution in [0.3, 0.4) is 0 Å². The number of hydrogen-bond acceptors (Lipinski definition) is 5. The van der Waals surface area contributed by atoms with E-state index in [9.17, 15) is 9.59 Å². The van der Waals surface area contributed by atoms with Gasteiger partial charge < -0.3 is 15.4 Å². The molecule has 3 N–H and O–H groups in total. The van der Waals surface area contributed by atoms with Crippen molar-refractivity contribution >= 4 is 45.3 Å². The summed E-state index contributed by atoms with van der Waals surface area (Å²) in [5.74, 6) is -1.55. The molecule has 28 heavy (non-hydrogen) atoms. The Morgan fingerprint density at radius 3 is 2.75 bits per heavy atom. The molecule has 0 aromatic heterocycles. The van der Waals surface area contributed by atoms with E-state index >= 15 is 0 Å². The van der Waals surface area contributed by atoms with Gasteiger partial charge >= 0.3 is 11.8 Å². The average Bonchev–Trinajstić information content (AvgIpc) is 3.22. The number of amides is 2. The number of hydrogen-bond donors (Lipinski definition) is 3. The first-order valence-corrected chi connectivity index (χ1v) is 9.75. The van der Waals surface area contributed by atoms with Crippen LogP contribution in [-0.4, -0.2) is 37.3 Å². The third-order valence-electron chi connectivity index (χ3n) is 4.16. The second-order valence-corrected chi connectivity index (χ2v) is 7.18. The molecule has 1 saturated heterocycles. The maximum Gasteiger partial charge on any atom is 0.329 e. The fraction of sp³-hybridized carbons (Fsp3) is 0.250. The minimum absolute atomic E-state index is 0.0199. The molecule has 2 aromatic carbocycles. The predicted octanol–water partition coefficient (Wildman–Crippen LogP) is 2.94. The second-order valence-electron chi connectivity index (χ2n) is 6.27. The first-order valence-electron chi connectivity index (χ1n) is 8.96. The Bertz CT molecular complexity index is 852. The number of para-hydroxylation sites is 1. The summed E-state index contributed by atoms with van der Waals surface area (Å²) < 4.78 is 6.28. The molecular formula is C20H21BrN4O3. The molecule has 8 heteroatoms. The van der Waals surface area contributed by atoms with Gasteiger partial charge in [-0.1, -0.05) is 34.1 Å². The van der Waals surface area contributed by atoms with E-state index in [4.69, 9.17) is 4.74 Å². The molecule has 1 atom stereocenters. The Hall–Kier alpha value is -2.71. The molecule has 0 aliphatic carbocycles. The van der Waals surface area contributed by atoms with Gasteiger partial charge in [-0.05, 0) is 43.2 Å². The fourth-order valence-electron chi connectivity index (χ4n) is 2.73. The molecule has 1 fully saturated rings. The molecule has 1 aliphatic heterocycles. The third-order valence-corrected chi connectivity index (χ3v) is 4.65. The van der Waals surface area contributed by atoms with Crippen molar-refractivity contribution in [3.63, 3.8) is 0 Å². The van der Waals surface area contributed by atoms with Gasteiger partial charge in [-0.3, -0.25) is 9.59 Å². The number of carbonyl (C=O) groups excluding carboxylic acids is 2. The zero-order valence-corrected chi connectivity index (χ0v) is 16.7. The van der Waals surface area contributed by atoms with Gasteiger partial charge in [0, 0.05) is 34.6 Å². The number of anilines is 2. The summed E-state index contributed by atoms with van der Waals surface area (Å²) in [5.41, 5.74) is 4.74. The molecule has 3 rings (SSSR count). The summed E-state index contributed by atoms with van der Waals surface area (Å²) in [4.78, 5) is 23.7. The maximum absolute atomic E-state index is 11.9. The van der Waals surface area contributed by atoms with Gasteiger partial charge in [-0.15, -0.1) is 0 Å². The summed E-state index contributed by atoms with van der Waals surface area (Å²) in [7, 11) is 0. The molecule has 7 nitrogen and oxygen atoms in total. The van der Waals surface area contributed by atoms with E-state index in [0.717, 1.165) is 34.3 Å². The SMILES string of the molecule is O=C(NC[C@H]1CCCO1)C(=O)N/N=C\c1cc(Br)ccc1Nc1ccccc1. The van der Waals surface area contributed by atoms with Crippen LogP contribution in [0.15, 0.2) is 58.1 Å². The van der Waals surface area contributed by atoms with Gasteiger partial charge in [0.15, 0.2) is 0 Å². The molecule has 1 aliphatic rings. The highest BCUT2D eigenvalue weighted by Crippen LogP contribution is 2.23. The van der Waals surface area contributed by atoms with Crippen molar-refractivity contribution in [1.82, 2.24) is 10.7 Å². The van der Waals surface area contributed by atoms with E-state index in [1.54, 1.807) is 0 Å². The minimum atomic E-state index is -0.818. The van der Waals surface area contributed by atoms with Gasteiger partial charge in [0.2, 0.25) is 0 Å². The Labute approximate surface area is 171 Å². The van der Waals surface area contributed by atoms with Gasteiger partial charge in [0.05, 0.1) is 12.3 Å². The molecule has 2 aromatic rings. The maximum atomic E-state index is 11.9. The Balaban J connectivity index is 1.57. The molecule has 0 unspecified atom stereocenters. The van der Waals surface area contributed by atoms with Crippen molar-refractivity contribution < 1.29 is 14.3 Å². The highest BCUT2D eigenvalue weighted by molar-refractivity contribution is 9.10. The van der Waals surface area contributed by atoms with Crippen LogP contribution in [0.25, 0.3) is 0 Å². The van der Waals surface area contributed by atoms with Crippen LogP contribution in [0, 0.1) is 0 Å². The van der Waals surface area contributed by atoms with Crippen molar-refractivity contribution in [2.75, 3.05) is 18.5 Å². The van der Waals surface area contributed by atoms with Gasteiger partial charge in [-0.25, -0.2) is 5.43 Å². The van der Waals surface area contributed by atoms with Gasteiger partial charge in [0.1, 0.15) is 0 Å². The first-order chi connectivity index (χ1) is 13.6. The summed E-state index contributed by atoms with van der Waals surface area (Å²) in [6.45, 7) is 1.02. The molecule has 146 valence electrons. The lowest BCUT2D eigenvalue weighted by atomic mass is 10.2. The lowest BCUT2D eigenvalue weighted by Gasteiger charge is -2.10. The Morgan fingerprint density at radius 1 is 1.18 bits per heavy atom. The quantitative estimate of drug-likeness (QED) is 0.362. The summed E-state index contributed by atoms with van der Waals surface area (Å²) in [5, 5.41) is 9.76. The third kappa shape index (κ3) is 5.90. The zero-order valence-electron chi connectivity index (χ0n) is 15.2. The smallest absolute Gasteiger partial charge is 0.329 e. The van der Waals surface area contributed by atoms with Crippen LogP contribution in [0.4, 0.5) is 11.4 Å². The highest BCUT2D eigenvalue weighted by atomic mass is 79.9. The number of rotatable bonds is 6. The van der Waals surface area contributed by atoms with E-state index in [-0.39, 0.29) is 6.10 Å². The Kier molecular flexibility index (Phi) is 7.16. The minimum Gasteiger partial charge on any atom is -0.376 e. The molecule has 0 radical (unpaired) electrons. The van der Waals surface area contributed by atoms with E-state index < -0.39 is 11.8 Å². The van der Waals surface area contributed by atoms with E-state index in [0.29, 0.717) is 13.2 Å². The van der Waals surface area contributed by atoms with Gasteiger partial charge in [0.25, 0.3) is 0 Å². The predicted molar refractivity (Wildman–Crippen MR) is 112 cm³/mol. The summed E-state index contributed by atoms with van der Waals surface area (Å²) in [6, 6.07) is 15.4. The number of carbonyl (C=O) groups is 2. The first kappa shape index (κ1) is 20.0. The van der Waals surface area contributed by atoms with Crippen LogP contribution in [-0.2, 0) is 14.3 Å². The van der Waals surface area contributed by atoms with E-state index in [1.807, 2.05) is 48.5 Å². The molecular weight excluding hydrogens is 424 g/mol. The van der Waals surface area contributed by atoms with Crippen LogP contribution in [0.2, 0.25) is 0 Å². The fourth-order valence-corrected chi connectivity index (χ4v) is 3.11. The van der Waals surface area contributed by atoms with Crippen molar-refractivity contribution in [3.05, 3.63) is 58.6 Å². The zero-order chi connectivity index (χ0) is 19.8. The Morgan fingerprint density at radius 2 is 2.00 bits per heavy atom. The van der Waals surface area contributed by atoms with E-state index in [2.05, 4.69) is 37.1 Å². The lowest BCUT2D eigenvalue weighted by Crippen LogP contribution is -2.41. The largest absolute Gasteiger partial charge is 0.376 e. The van der Waals surface area contributed by atoms with E-state index in [1.165, 1.54) is 6.21 Å². The van der Waals surface area contributed by atoms with Crippen LogP contribution < -0.4 is 16.1 Å². The summed E-state index contributed by atoms with van der Waals surface area (Å²) >= 11 is 3.43. The average molecular weight is 445 g/mol. The van der Waals surface area contributed by atoms with Crippen LogP contribution >= 0.6 is 15.9 Å². The molecule has 1 heterocycles. The summed E-state index contributed by atoms with van der Waals surface area (Å²) in [6.07, 6.45) is 3.33. The monoisotopic (exact) mass is 444 g/mol. The normalized spacial score (nSPS) is 16.1. The topological polar surface area (TPSA) is 91.8 Å². The van der Waals surface area contributed by atoms with Gasteiger partial charge in [-0.2, -0.15) is 5.10 Å². The number of halogens is 1. The van der Waals surface area contributed by atoms with Crippen molar-refractivity contribution in [3.8, 4) is 0 Å². The molecule has 0 bridgehead atoms. The number of ether oxygens (including phenoxy) is 1. The standard InChI is InChI=1S/C20H21BrN4O3/c21-15-8-9-18(24-16-5-2-1-3-6-16)14(11-15)12-23-25-20(27)19(26)22-13-17-7-4-10-28-17/h1-3,5-6,8-9,11-12,17,24H,4,7,10,13H2,(H,22,26)(H,25,27)/b23-12-/t17-/m1/s1. The van der Waals surface area contributed by atoms with Crippen molar-refractivity contribution in [1.29, 1.82) is 0 Å². The molecule has 0 saturated carbocycles. The van der Waals surface area contributed by atoms with Crippen molar-refractivity contribution in [2.24, 2.45) is 5.10 Å². The number of hydrazone groups is 1. The number of nitrogens with one attached hydrogen (secondary N) is 3. The highest BCUT2D eigenvalue weighted by Gasteiger charge is 2.18. The van der Waals surface area contributed by atoms with Crippen LogP contribution in [0.5, 0.6) is 0 Å². The second kappa shape index (κ2) is 10.0. The lowest BCUT2D eigenvalue weighted by molar-refractivity contribution is -0.139.